The van der Waals surface area contributed by atoms with Crippen LogP contribution in [0.2, 0.25) is 5.02 Å². The van der Waals surface area contributed by atoms with Crippen molar-refractivity contribution in [1.82, 2.24) is 20.0 Å². The fraction of sp³-hybridized carbons (Fsp3) is 0.333. The summed E-state index contributed by atoms with van der Waals surface area (Å²) in [5.74, 6) is 1.01. The van der Waals surface area contributed by atoms with Crippen LogP contribution in [0.3, 0.4) is 0 Å². The van der Waals surface area contributed by atoms with E-state index in [-0.39, 0.29) is 19.2 Å². The van der Waals surface area contributed by atoms with E-state index in [9.17, 15) is 15.0 Å². The molecule has 3 N–H and O–H groups in total. The van der Waals surface area contributed by atoms with E-state index in [1.165, 1.54) is 4.90 Å². The highest BCUT2D eigenvalue weighted by Crippen LogP contribution is 2.34. The molecule has 0 bridgehead atoms. The van der Waals surface area contributed by atoms with Gasteiger partial charge in [0.2, 0.25) is 0 Å². The average molecular weight is 484 g/mol. The van der Waals surface area contributed by atoms with Crippen LogP contribution in [-0.2, 0) is 6.54 Å². The van der Waals surface area contributed by atoms with Crippen molar-refractivity contribution in [3.63, 3.8) is 0 Å². The van der Waals surface area contributed by atoms with Gasteiger partial charge in [0, 0.05) is 31.3 Å². The number of aliphatic hydroxyl groups is 2. The number of carbonyl (C=O) groups excluding carboxylic acids is 1. The number of urea groups is 1. The number of carbonyl (C=O) groups is 1. The first-order chi connectivity index (χ1) is 16.5. The van der Waals surface area contributed by atoms with Gasteiger partial charge in [0.15, 0.2) is 6.23 Å². The van der Waals surface area contributed by atoms with Crippen molar-refractivity contribution in [3.8, 4) is 11.8 Å². The van der Waals surface area contributed by atoms with Crippen LogP contribution in [0.1, 0.15) is 24.5 Å². The van der Waals surface area contributed by atoms with Gasteiger partial charge >= 0.3 is 6.03 Å². The second-order valence-corrected chi connectivity index (χ2v) is 8.35. The zero-order valence-corrected chi connectivity index (χ0v) is 19.4. The normalized spacial score (nSPS) is 19.7. The predicted molar refractivity (Wildman–Crippen MR) is 125 cm³/mol. The fourth-order valence-corrected chi connectivity index (χ4v) is 4.18. The highest BCUT2D eigenvalue weighted by molar-refractivity contribution is 6.30. The zero-order chi connectivity index (χ0) is 24.2. The maximum absolute atomic E-state index is 13.1. The van der Waals surface area contributed by atoms with Crippen molar-refractivity contribution in [2.45, 2.75) is 32.5 Å². The second-order valence-electron chi connectivity index (χ2n) is 7.91. The van der Waals surface area contributed by atoms with Crippen molar-refractivity contribution < 1.29 is 19.7 Å². The first-order valence-electron chi connectivity index (χ1n) is 11.0. The third-order valence-electron chi connectivity index (χ3n) is 5.75. The Morgan fingerprint density at radius 1 is 1.15 bits per heavy atom. The Hall–Kier alpha value is -3.45. The highest BCUT2D eigenvalue weighted by Gasteiger charge is 2.47. The van der Waals surface area contributed by atoms with Gasteiger partial charge in [-0.3, -0.25) is 9.80 Å². The van der Waals surface area contributed by atoms with Crippen LogP contribution in [0.4, 0.5) is 4.79 Å². The van der Waals surface area contributed by atoms with Crippen molar-refractivity contribution in [1.29, 1.82) is 5.26 Å². The molecule has 34 heavy (non-hydrogen) atoms. The highest BCUT2D eigenvalue weighted by atomic mass is 35.5. The third-order valence-corrected chi connectivity index (χ3v) is 6.00. The number of hydrogen-bond donors (Lipinski definition) is 3. The number of nitrogens with zero attached hydrogens (tertiary/aromatic N) is 4. The van der Waals surface area contributed by atoms with Crippen molar-refractivity contribution >= 4 is 17.6 Å². The maximum Gasteiger partial charge on any atom is 0.328 e. The number of benzene rings is 2. The zero-order valence-electron chi connectivity index (χ0n) is 18.7. The summed E-state index contributed by atoms with van der Waals surface area (Å²) in [5.41, 5.74) is 1.95. The van der Waals surface area contributed by atoms with Gasteiger partial charge in [0.25, 0.3) is 6.35 Å². The Labute approximate surface area is 203 Å². The van der Waals surface area contributed by atoms with Crippen molar-refractivity contribution in [2.75, 3.05) is 19.7 Å². The minimum atomic E-state index is -1.22. The number of hydrogen-bond acceptors (Lipinski definition) is 7. The summed E-state index contributed by atoms with van der Waals surface area (Å²) in [6.07, 6.45) is -1.59. The van der Waals surface area contributed by atoms with Crippen LogP contribution in [0.15, 0.2) is 60.0 Å². The minimum Gasteiger partial charge on any atom is -0.452 e. The molecule has 1 unspecified atom stereocenters. The number of nitriles is 1. The molecule has 178 valence electrons. The number of nitrogens with one attached hydrogen (secondary N) is 1. The molecule has 0 saturated heterocycles. The van der Waals surface area contributed by atoms with E-state index >= 15 is 0 Å². The summed E-state index contributed by atoms with van der Waals surface area (Å²) in [6, 6.07) is 15.8. The summed E-state index contributed by atoms with van der Waals surface area (Å²) in [7, 11) is 0. The van der Waals surface area contributed by atoms with Gasteiger partial charge in [-0.05, 0) is 55.3 Å². The van der Waals surface area contributed by atoms with Gasteiger partial charge in [-0.1, -0.05) is 23.7 Å². The number of aliphatic hydroxyl groups excluding tert-OH is 2. The summed E-state index contributed by atoms with van der Waals surface area (Å²) >= 11 is 6.05. The summed E-state index contributed by atoms with van der Waals surface area (Å²) in [5, 5.41) is 33.4. The maximum atomic E-state index is 13.1. The Bertz CT molecular complexity index is 1100. The lowest BCUT2D eigenvalue weighted by atomic mass is 10.2. The molecular weight excluding hydrogens is 458 g/mol. The SMILES string of the molecule is CCN1C(=O)N(CCCO)[C@@H](O)C2=C1NC(Oc1ccc(C#N)cc1)N2Cc1ccc(Cl)cc1. The Morgan fingerprint density at radius 2 is 1.85 bits per heavy atom. The molecule has 2 heterocycles. The van der Waals surface area contributed by atoms with Gasteiger partial charge in [-0.15, -0.1) is 0 Å². The van der Waals surface area contributed by atoms with Crippen LogP contribution in [-0.4, -0.2) is 63.2 Å². The standard InChI is InChI=1S/C24H26ClN5O4/c1-2-28-21-20(22(32)29(24(28)33)12-3-13-31)30(15-17-4-8-18(25)9-5-17)23(27-21)34-19-10-6-16(14-26)7-11-19/h4-11,22-23,27,31-32H,2-3,12-13,15H2,1H3/t22-,23?/m0/s1. The summed E-state index contributed by atoms with van der Waals surface area (Å²) < 4.78 is 6.20. The van der Waals surface area contributed by atoms with E-state index in [1.54, 1.807) is 41.3 Å². The first-order valence-corrected chi connectivity index (χ1v) is 11.4. The molecule has 2 atom stereocenters. The molecule has 9 nitrogen and oxygen atoms in total. The number of halogens is 1. The van der Waals surface area contributed by atoms with Crippen LogP contribution in [0.5, 0.6) is 5.75 Å². The van der Waals surface area contributed by atoms with E-state index in [0.29, 0.717) is 47.4 Å². The van der Waals surface area contributed by atoms with E-state index < -0.39 is 12.6 Å². The van der Waals surface area contributed by atoms with Gasteiger partial charge in [-0.2, -0.15) is 5.26 Å². The van der Waals surface area contributed by atoms with Gasteiger partial charge in [-0.25, -0.2) is 4.79 Å². The molecule has 2 aromatic carbocycles. The fourth-order valence-electron chi connectivity index (χ4n) is 4.06. The smallest absolute Gasteiger partial charge is 0.328 e. The molecule has 0 aromatic heterocycles. The average Bonchev–Trinajstić information content (AvgIpc) is 3.18. The summed E-state index contributed by atoms with van der Waals surface area (Å²) in [4.78, 5) is 17.8. The number of ether oxygens (including phenoxy) is 1. The monoisotopic (exact) mass is 483 g/mol. The molecule has 10 heteroatoms. The van der Waals surface area contributed by atoms with E-state index in [2.05, 4.69) is 11.4 Å². The van der Waals surface area contributed by atoms with Crippen LogP contribution in [0, 0.1) is 11.3 Å². The second kappa shape index (κ2) is 10.2. The Balaban J connectivity index is 1.69. The molecule has 0 fully saturated rings. The van der Waals surface area contributed by atoms with Gasteiger partial charge in [0.05, 0.1) is 11.6 Å². The quantitative estimate of drug-likeness (QED) is 0.529. The molecule has 2 aliphatic heterocycles. The molecule has 2 aromatic rings. The first kappa shape index (κ1) is 23.7. The predicted octanol–water partition coefficient (Wildman–Crippen LogP) is 2.61. The molecule has 2 amide bonds. The third kappa shape index (κ3) is 4.61. The van der Waals surface area contributed by atoms with Crippen molar-refractivity contribution in [2.24, 2.45) is 0 Å². The topological polar surface area (TPSA) is 112 Å². The summed E-state index contributed by atoms with van der Waals surface area (Å²) in [6.45, 7) is 2.72. The molecule has 0 radical (unpaired) electrons. The van der Waals surface area contributed by atoms with Gasteiger partial charge < -0.3 is 25.2 Å². The van der Waals surface area contributed by atoms with E-state index in [0.717, 1.165) is 5.56 Å². The Morgan fingerprint density at radius 3 is 2.47 bits per heavy atom. The molecule has 0 spiro atoms. The molecule has 0 aliphatic carbocycles. The van der Waals surface area contributed by atoms with Crippen LogP contribution < -0.4 is 10.1 Å². The molecule has 4 rings (SSSR count). The number of rotatable bonds is 8. The lowest BCUT2D eigenvalue weighted by Crippen LogP contribution is -2.55. The van der Waals surface area contributed by atoms with E-state index in [4.69, 9.17) is 21.6 Å². The van der Waals surface area contributed by atoms with E-state index in [1.807, 2.05) is 24.0 Å². The van der Waals surface area contributed by atoms with Gasteiger partial charge in [0.1, 0.15) is 17.3 Å². The largest absolute Gasteiger partial charge is 0.452 e. The lowest BCUT2D eigenvalue weighted by molar-refractivity contribution is -0.0110. The van der Waals surface area contributed by atoms with Crippen LogP contribution >= 0.6 is 11.6 Å². The Kier molecular flexibility index (Phi) is 7.12. The molecule has 2 aliphatic rings. The van der Waals surface area contributed by atoms with Crippen LogP contribution in [0.25, 0.3) is 0 Å². The van der Waals surface area contributed by atoms with Crippen molar-refractivity contribution in [3.05, 3.63) is 76.2 Å². The molecule has 0 saturated carbocycles. The minimum absolute atomic E-state index is 0.0916. The lowest BCUT2D eigenvalue weighted by Gasteiger charge is -2.40. The molecular formula is C24H26ClN5O4. The number of amides is 2.